The Labute approximate surface area is 121 Å². The van der Waals surface area contributed by atoms with E-state index in [-0.39, 0.29) is 17.0 Å². The topological polar surface area (TPSA) is 43.1 Å². The Balaban J connectivity index is 2.46. The molecule has 0 spiro atoms. The van der Waals surface area contributed by atoms with Crippen LogP contribution in [0.4, 0.5) is 10.1 Å². The average Bonchev–Trinajstić information content (AvgIpc) is 2.65. The molecule has 0 amide bonds. The highest BCUT2D eigenvalue weighted by atomic mass is 79.9. The van der Waals surface area contributed by atoms with Crippen LogP contribution in [0.2, 0.25) is 4.34 Å². The molecular formula is C12H8BrClFNOS. The van der Waals surface area contributed by atoms with E-state index in [4.69, 9.17) is 17.3 Å². The first-order chi connectivity index (χ1) is 8.40. The van der Waals surface area contributed by atoms with E-state index >= 15 is 0 Å². The van der Waals surface area contributed by atoms with Gasteiger partial charge in [0.15, 0.2) is 0 Å². The van der Waals surface area contributed by atoms with Gasteiger partial charge in [-0.05, 0) is 41.1 Å². The molecule has 0 aliphatic carbocycles. The Morgan fingerprint density at radius 3 is 2.61 bits per heavy atom. The Bertz CT molecular complexity index is 598. The maximum atomic E-state index is 13.5. The third kappa shape index (κ3) is 2.43. The zero-order chi connectivity index (χ0) is 13.4. The zero-order valence-electron chi connectivity index (χ0n) is 9.26. The fourth-order valence-electron chi connectivity index (χ4n) is 1.43. The molecule has 0 bridgehead atoms. The number of carbonyl (C=O) groups is 1. The minimum atomic E-state index is -0.486. The van der Waals surface area contributed by atoms with Crippen molar-refractivity contribution in [3.63, 3.8) is 0 Å². The zero-order valence-corrected chi connectivity index (χ0v) is 12.4. The van der Waals surface area contributed by atoms with E-state index < -0.39 is 5.82 Å². The van der Waals surface area contributed by atoms with Crippen LogP contribution in [0.1, 0.15) is 20.8 Å². The summed E-state index contributed by atoms with van der Waals surface area (Å²) in [5.41, 5.74) is 6.48. The molecule has 94 valence electrons. The SMILES string of the molecule is Cc1c(N)cc(C(=O)c2cc(Br)c(Cl)s2)cc1F. The predicted octanol–water partition coefficient (Wildman–Crippen LogP) is 4.42. The molecule has 6 heteroatoms. The molecule has 2 N–H and O–H groups in total. The van der Waals surface area contributed by atoms with Crippen LogP contribution in [0.3, 0.4) is 0 Å². The number of benzene rings is 1. The number of thiophene rings is 1. The first kappa shape index (κ1) is 13.5. The van der Waals surface area contributed by atoms with E-state index in [0.717, 1.165) is 11.3 Å². The largest absolute Gasteiger partial charge is 0.398 e. The van der Waals surface area contributed by atoms with Crippen LogP contribution in [0, 0.1) is 12.7 Å². The molecule has 2 aromatic rings. The molecule has 0 unspecified atom stereocenters. The van der Waals surface area contributed by atoms with Gasteiger partial charge >= 0.3 is 0 Å². The summed E-state index contributed by atoms with van der Waals surface area (Å²) in [7, 11) is 0. The number of hydrogen-bond donors (Lipinski definition) is 1. The van der Waals surface area contributed by atoms with Gasteiger partial charge in [-0.2, -0.15) is 0 Å². The molecule has 0 radical (unpaired) electrons. The normalized spacial score (nSPS) is 10.7. The van der Waals surface area contributed by atoms with Crippen molar-refractivity contribution >= 4 is 50.3 Å². The van der Waals surface area contributed by atoms with E-state index in [2.05, 4.69) is 15.9 Å². The molecule has 2 rings (SSSR count). The fourth-order valence-corrected chi connectivity index (χ4v) is 3.10. The van der Waals surface area contributed by atoms with Crippen molar-refractivity contribution in [2.45, 2.75) is 6.92 Å². The second-order valence-electron chi connectivity index (χ2n) is 3.73. The van der Waals surface area contributed by atoms with E-state index in [1.54, 1.807) is 13.0 Å². The molecule has 0 fully saturated rings. The minimum absolute atomic E-state index is 0.223. The molecule has 0 aliphatic rings. The number of halogens is 3. The minimum Gasteiger partial charge on any atom is -0.398 e. The third-order valence-corrected chi connectivity index (χ3v) is 4.99. The summed E-state index contributed by atoms with van der Waals surface area (Å²) >= 11 is 10.2. The quantitative estimate of drug-likeness (QED) is 0.644. The molecule has 1 heterocycles. The number of anilines is 1. The van der Waals surface area contributed by atoms with Gasteiger partial charge in [-0.3, -0.25) is 4.79 Å². The summed E-state index contributed by atoms with van der Waals surface area (Å²) in [6.45, 7) is 1.57. The molecule has 0 aliphatic heterocycles. The second kappa shape index (κ2) is 4.99. The molecule has 0 atom stereocenters. The van der Waals surface area contributed by atoms with Gasteiger partial charge in [0.05, 0.1) is 4.88 Å². The lowest BCUT2D eigenvalue weighted by Gasteiger charge is -2.04. The van der Waals surface area contributed by atoms with E-state index in [0.29, 0.717) is 19.2 Å². The van der Waals surface area contributed by atoms with Crippen LogP contribution in [0.25, 0.3) is 0 Å². The van der Waals surface area contributed by atoms with Crippen LogP contribution in [-0.2, 0) is 0 Å². The van der Waals surface area contributed by atoms with Gasteiger partial charge in [0.1, 0.15) is 10.2 Å². The Morgan fingerprint density at radius 1 is 1.44 bits per heavy atom. The first-order valence-corrected chi connectivity index (χ1v) is 6.94. The molecule has 1 aromatic heterocycles. The maximum absolute atomic E-state index is 13.5. The van der Waals surface area contributed by atoms with Crippen molar-refractivity contribution in [2.75, 3.05) is 5.73 Å². The molecular weight excluding hydrogens is 341 g/mol. The average molecular weight is 349 g/mol. The van der Waals surface area contributed by atoms with Crippen molar-refractivity contribution in [2.24, 2.45) is 0 Å². The standard InChI is InChI=1S/C12H8BrClFNOS/c1-5-8(15)2-6(3-9(5)16)11(17)10-4-7(13)12(14)18-10/h2-4H,16H2,1H3. The number of rotatable bonds is 2. The summed E-state index contributed by atoms with van der Waals surface area (Å²) in [5, 5.41) is 0. The first-order valence-electron chi connectivity index (χ1n) is 4.95. The van der Waals surface area contributed by atoms with E-state index in [9.17, 15) is 9.18 Å². The molecule has 18 heavy (non-hydrogen) atoms. The van der Waals surface area contributed by atoms with Crippen LogP contribution in [0.15, 0.2) is 22.7 Å². The Kier molecular flexibility index (Phi) is 3.75. The third-order valence-electron chi connectivity index (χ3n) is 2.52. The van der Waals surface area contributed by atoms with Gasteiger partial charge < -0.3 is 5.73 Å². The summed E-state index contributed by atoms with van der Waals surface area (Å²) in [4.78, 5) is 12.6. The number of ketones is 1. The smallest absolute Gasteiger partial charge is 0.203 e. The molecule has 1 aromatic carbocycles. The van der Waals surface area contributed by atoms with Crippen molar-refractivity contribution in [1.82, 2.24) is 0 Å². The van der Waals surface area contributed by atoms with Crippen molar-refractivity contribution in [3.05, 3.63) is 48.8 Å². The van der Waals surface area contributed by atoms with Crippen LogP contribution < -0.4 is 5.73 Å². The van der Waals surface area contributed by atoms with Crippen LogP contribution >= 0.6 is 38.9 Å². The maximum Gasteiger partial charge on any atom is 0.203 e. The Morgan fingerprint density at radius 2 is 2.11 bits per heavy atom. The van der Waals surface area contributed by atoms with Gasteiger partial charge in [-0.1, -0.05) is 11.6 Å². The van der Waals surface area contributed by atoms with Gasteiger partial charge in [-0.15, -0.1) is 11.3 Å². The van der Waals surface area contributed by atoms with Crippen molar-refractivity contribution < 1.29 is 9.18 Å². The number of nitrogens with two attached hydrogens (primary N) is 1. The number of hydrogen-bond acceptors (Lipinski definition) is 3. The summed E-state index contributed by atoms with van der Waals surface area (Å²) in [6, 6.07) is 4.28. The monoisotopic (exact) mass is 347 g/mol. The van der Waals surface area contributed by atoms with Crippen molar-refractivity contribution in [3.8, 4) is 0 Å². The summed E-state index contributed by atoms with van der Waals surface area (Å²) in [5.74, 6) is -0.779. The number of carbonyl (C=O) groups excluding carboxylic acids is 1. The van der Waals surface area contributed by atoms with Crippen LogP contribution in [0.5, 0.6) is 0 Å². The highest BCUT2D eigenvalue weighted by Crippen LogP contribution is 2.33. The highest BCUT2D eigenvalue weighted by molar-refractivity contribution is 9.10. The molecule has 2 nitrogen and oxygen atoms in total. The van der Waals surface area contributed by atoms with Gasteiger partial charge in [-0.25, -0.2) is 4.39 Å². The Hall–Kier alpha value is -0.910. The van der Waals surface area contributed by atoms with Crippen molar-refractivity contribution in [1.29, 1.82) is 0 Å². The lowest BCUT2D eigenvalue weighted by Crippen LogP contribution is -2.03. The highest BCUT2D eigenvalue weighted by Gasteiger charge is 2.16. The molecule has 0 saturated heterocycles. The summed E-state index contributed by atoms with van der Waals surface area (Å²) < 4.78 is 14.7. The lowest BCUT2D eigenvalue weighted by atomic mass is 10.1. The lowest BCUT2D eigenvalue weighted by molar-refractivity contribution is 0.104. The number of nitrogen functional groups attached to an aromatic ring is 1. The van der Waals surface area contributed by atoms with Gasteiger partial charge in [0.25, 0.3) is 0 Å². The van der Waals surface area contributed by atoms with E-state index in [1.807, 2.05) is 0 Å². The van der Waals surface area contributed by atoms with Gasteiger partial charge in [0, 0.05) is 21.3 Å². The van der Waals surface area contributed by atoms with E-state index in [1.165, 1.54) is 12.1 Å². The van der Waals surface area contributed by atoms with Crippen LogP contribution in [-0.4, -0.2) is 5.78 Å². The second-order valence-corrected chi connectivity index (χ2v) is 6.24. The molecule has 0 saturated carbocycles. The fraction of sp³-hybridized carbons (Fsp3) is 0.0833. The van der Waals surface area contributed by atoms with Gasteiger partial charge in [0.2, 0.25) is 5.78 Å². The summed E-state index contributed by atoms with van der Waals surface area (Å²) in [6.07, 6.45) is 0. The predicted molar refractivity (Wildman–Crippen MR) is 76.0 cm³/mol.